The number of aryl methyl sites for hydroxylation is 3. The van der Waals surface area contributed by atoms with Gasteiger partial charge in [0.05, 0.1) is 0 Å². The minimum Gasteiger partial charge on any atom is -0.456 e. The molecule has 0 unspecified atom stereocenters. The molecular weight excluding hydrogens is 344 g/mol. The van der Waals surface area contributed by atoms with Gasteiger partial charge in [0.25, 0.3) is 5.91 Å². The molecule has 0 fully saturated rings. The minimum absolute atomic E-state index is 0.253. The number of hydrogen-bond acceptors (Lipinski definition) is 4. The molecule has 1 N–H and O–H groups in total. The van der Waals surface area contributed by atoms with Crippen molar-refractivity contribution in [2.75, 3.05) is 13.2 Å². The lowest BCUT2D eigenvalue weighted by Crippen LogP contribution is -2.31. The van der Waals surface area contributed by atoms with Gasteiger partial charge in [-0.15, -0.1) is 0 Å². The lowest BCUT2D eigenvalue weighted by atomic mass is 10.1. The number of Topliss-reactive ketones (excluding diaryl/α,β-unsaturated/α-hetero) is 1. The number of nitrogens with zero attached hydrogens (tertiary/aromatic N) is 1. The number of hydrogen-bond donors (Lipinski definition) is 1. The fraction of sp³-hybridized carbons (Fsp3) is 0.381. The lowest BCUT2D eigenvalue weighted by molar-refractivity contribution is -0.141. The first kappa shape index (κ1) is 20.4. The highest BCUT2D eigenvalue weighted by atomic mass is 16.5. The van der Waals surface area contributed by atoms with Gasteiger partial charge in [0.2, 0.25) is 5.78 Å². The summed E-state index contributed by atoms with van der Waals surface area (Å²) in [6.45, 7) is 9.84. The van der Waals surface area contributed by atoms with Crippen molar-refractivity contribution >= 4 is 17.7 Å². The first-order valence-corrected chi connectivity index (χ1v) is 8.95. The van der Waals surface area contributed by atoms with Crippen LogP contribution >= 0.6 is 0 Å². The summed E-state index contributed by atoms with van der Waals surface area (Å²) in [5, 5.41) is 2.51. The van der Waals surface area contributed by atoms with Crippen LogP contribution in [0, 0.1) is 27.7 Å². The van der Waals surface area contributed by atoms with E-state index in [9.17, 15) is 14.4 Å². The first-order valence-electron chi connectivity index (χ1n) is 8.95. The molecule has 0 bridgehead atoms. The second kappa shape index (κ2) is 8.66. The first-order chi connectivity index (χ1) is 12.7. The van der Waals surface area contributed by atoms with Crippen molar-refractivity contribution in [3.8, 4) is 0 Å². The molecule has 0 aliphatic rings. The molecule has 6 nitrogen and oxygen atoms in total. The van der Waals surface area contributed by atoms with Crippen LogP contribution in [0.5, 0.6) is 0 Å². The molecule has 0 atom stereocenters. The summed E-state index contributed by atoms with van der Waals surface area (Å²) in [7, 11) is 0. The van der Waals surface area contributed by atoms with Crippen LogP contribution < -0.4 is 5.32 Å². The molecule has 2 rings (SSSR count). The maximum absolute atomic E-state index is 12.3. The van der Waals surface area contributed by atoms with Gasteiger partial charge in [-0.25, -0.2) is 0 Å². The Hall–Kier alpha value is -2.89. The largest absolute Gasteiger partial charge is 0.456 e. The van der Waals surface area contributed by atoms with Gasteiger partial charge >= 0.3 is 5.97 Å². The fourth-order valence-electron chi connectivity index (χ4n) is 2.98. The number of ketones is 1. The Kier molecular flexibility index (Phi) is 6.55. The Labute approximate surface area is 159 Å². The van der Waals surface area contributed by atoms with Crippen LogP contribution in [0.3, 0.4) is 0 Å². The highest BCUT2D eigenvalue weighted by Crippen LogP contribution is 2.15. The van der Waals surface area contributed by atoms with Crippen molar-refractivity contribution < 1.29 is 19.1 Å². The van der Waals surface area contributed by atoms with Crippen LogP contribution in [0.15, 0.2) is 24.3 Å². The van der Waals surface area contributed by atoms with Crippen molar-refractivity contribution in [1.82, 2.24) is 9.88 Å². The van der Waals surface area contributed by atoms with Crippen molar-refractivity contribution in [3.05, 3.63) is 57.9 Å². The van der Waals surface area contributed by atoms with E-state index in [-0.39, 0.29) is 24.8 Å². The summed E-state index contributed by atoms with van der Waals surface area (Å²) in [6.07, 6.45) is 0. The molecule has 144 valence electrons. The van der Waals surface area contributed by atoms with Crippen LogP contribution in [0.2, 0.25) is 0 Å². The normalized spacial score (nSPS) is 10.6. The maximum atomic E-state index is 12.3. The highest BCUT2D eigenvalue weighted by molar-refractivity contribution is 6.00. The van der Waals surface area contributed by atoms with Gasteiger partial charge in [-0.3, -0.25) is 14.4 Å². The molecule has 6 heteroatoms. The quantitative estimate of drug-likeness (QED) is 0.600. The van der Waals surface area contributed by atoms with Gasteiger partial charge in [0.15, 0.2) is 6.61 Å². The van der Waals surface area contributed by atoms with E-state index in [4.69, 9.17) is 4.74 Å². The standard InChI is InChI=1S/C21H26N2O4/c1-6-23-15(4)10-18(16(23)5)19(24)12-27-20(25)11-22-21(26)17-8-7-13(2)14(3)9-17/h7-10H,6,11-12H2,1-5H3,(H,22,26). The summed E-state index contributed by atoms with van der Waals surface area (Å²) in [5.74, 6) is -1.26. The maximum Gasteiger partial charge on any atom is 0.325 e. The van der Waals surface area contributed by atoms with Gasteiger partial charge in [-0.1, -0.05) is 6.07 Å². The molecule has 0 aliphatic heterocycles. The Morgan fingerprint density at radius 3 is 2.33 bits per heavy atom. The molecule has 2 aromatic rings. The van der Waals surface area contributed by atoms with E-state index in [2.05, 4.69) is 5.32 Å². The van der Waals surface area contributed by atoms with Crippen molar-refractivity contribution in [1.29, 1.82) is 0 Å². The van der Waals surface area contributed by atoms with E-state index in [0.29, 0.717) is 11.1 Å². The van der Waals surface area contributed by atoms with Crippen LogP contribution in [0.25, 0.3) is 0 Å². The number of ether oxygens (including phenoxy) is 1. The van der Waals surface area contributed by atoms with Crippen LogP contribution in [-0.4, -0.2) is 35.4 Å². The molecule has 0 radical (unpaired) electrons. The second-order valence-corrected chi connectivity index (χ2v) is 6.59. The Morgan fingerprint density at radius 2 is 1.74 bits per heavy atom. The molecule has 27 heavy (non-hydrogen) atoms. The van der Waals surface area contributed by atoms with E-state index in [1.807, 2.05) is 45.3 Å². The van der Waals surface area contributed by atoms with Gasteiger partial charge < -0.3 is 14.6 Å². The van der Waals surface area contributed by atoms with Gasteiger partial charge in [-0.2, -0.15) is 0 Å². The SMILES string of the molecule is CCn1c(C)cc(C(=O)COC(=O)CNC(=O)c2ccc(C)c(C)c2)c1C. The summed E-state index contributed by atoms with van der Waals surface area (Å²) >= 11 is 0. The topological polar surface area (TPSA) is 77.4 Å². The Balaban J connectivity index is 1.86. The lowest BCUT2D eigenvalue weighted by Gasteiger charge is -2.08. The highest BCUT2D eigenvalue weighted by Gasteiger charge is 2.17. The predicted molar refractivity (Wildman–Crippen MR) is 103 cm³/mol. The number of aromatic nitrogens is 1. The number of benzene rings is 1. The monoisotopic (exact) mass is 370 g/mol. The zero-order valence-corrected chi connectivity index (χ0v) is 16.5. The average molecular weight is 370 g/mol. The number of amides is 1. The molecule has 0 spiro atoms. The summed E-state index contributed by atoms with van der Waals surface area (Å²) in [5.41, 5.74) is 4.98. The van der Waals surface area contributed by atoms with E-state index in [1.165, 1.54) is 0 Å². The van der Waals surface area contributed by atoms with Crippen LogP contribution in [0.1, 0.15) is 50.2 Å². The number of esters is 1. The van der Waals surface area contributed by atoms with E-state index in [1.54, 1.807) is 18.2 Å². The Bertz CT molecular complexity index is 881. The predicted octanol–water partition coefficient (Wildman–Crippen LogP) is 2.90. The summed E-state index contributed by atoms with van der Waals surface area (Å²) in [6, 6.07) is 7.13. The minimum atomic E-state index is -0.648. The zero-order chi connectivity index (χ0) is 20.1. The van der Waals surface area contributed by atoms with Gasteiger partial charge in [0.1, 0.15) is 6.54 Å². The molecule has 0 aliphatic carbocycles. The Morgan fingerprint density at radius 1 is 1.04 bits per heavy atom. The van der Waals surface area contributed by atoms with Crippen molar-refractivity contribution in [2.24, 2.45) is 0 Å². The molecule has 1 amide bonds. The summed E-state index contributed by atoms with van der Waals surface area (Å²) in [4.78, 5) is 36.3. The summed E-state index contributed by atoms with van der Waals surface area (Å²) < 4.78 is 7.04. The molecular formula is C21H26N2O4. The van der Waals surface area contributed by atoms with Crippen LogP contribution in [-0.2, 0) is 16.1 Å². The average Bonchev–Trinajstić information content (AvgIpc) is 2.93. The van der Waals surface area contributed by atoms with E-state index in [0.717, 1.165) is 29.1 Å². The third kappa shape index (κ3) is 4.84. The van der Waals surface area contributed by atoms with E-state index < -0.39 is 5.97 Å². The third-order valence-corrected chi connectivity index (χ3v) is 4.72. The molecule has 0 saturated carbocycles. The molecule has 1 heterocycles. The van der Waals surface area contributed by atoms with Crippen molar-refractivity contribution in [2.45, 2.75) is 41.2 Å². The molecule has 1 aromatic carbocycles. The second-order valence-electron chi connectivity index (χ2n) is 6.59. The number of carbonyl (C=O) groups excluding carboxylic acids is 3. The van der Waals surface area contributed by atoms with Gasteiger partial charge in [-0.05, 0) is 63.9 Å². The van der Waals surface area contributed by atoms with Gasteiger partial charge in [0, 0.05) is 29.1 Å². The van der Waals surface area contributed by atoms with Crippen LogP contribution in [0.4, 0.5) is 0 Å². The zero-order valence-electron chi connectivity index (χ0n) is 16.5. The molecule has 1 aromatic heterocycles. The fourth-order valence-corrected chi connectivity index (χ4v) is 2.98. The smallest absolute Gasteiger partial charge is 0.325 e. The van der Waals surface area contributed by atoms with Crippen molar-refractivity contribution in [3.63, 3.8) is 0 Å². The number of rotatable bonds is 7. The van der Waals surface area contributed by atoms with E-state index >= 15 is 0 Å². The number of nitrogens with one attached hydrogen (secondary N) is 1. The third-order valence-electron chi connectivity index (χ3n) is 4.72. The number of carbonyl (C=O) groups is 3. The molecule has 0 saturated heterocycles.